The minimum Gasteiger partial charge on any atom is -0.343 e. The number of rotatable bonds is 5. The van der Waals surface area contributed by atoms with Crippen LogP contribution in [-0.4, -0.2) is 30.5 Å². The molecule has 2 aromatic heterocycles. The van der Waals surface area contributed by atoms with Crippen LogP contribution >= 0.6 is 11.3 Å². The fourth-order valence-corrected chi connectivity index (χ4v) is 4.04. The number of pyridine rings is 1. The standard InChI is InChI=1S/C19H19N3O3S2/c1-12-4-5-15(27(3,24)25)10-16(12)18(23)21-13(2)19-22-17(11-26-19)14-6-8-20-9-7-14/h4-11,13H,1-3H3,(H,21,23). The summed E-state index contributed by atoms with van der Waals surface area (Å²) in [5.41, 5.74) is 2.84. The van der Waals surface area contributed by atoms with Gasteiger partial charge in [-0.15, -0.1) is 11.3 Å². The summed E-state index contributed by atoms with van der Waals surface area (Å²) in [6, 6.07) is 8.01. The number of hydrogen-bond acceptors (Lipinski definition) is 6. The Morgan fingerprint density at radius 1 is 1.19 bits per heavy atom. The van der Waals surface area contributed by atoms with Gasteiger partial charge in [-0.3, -0.25) is 9.78 Å². The number of sulfone groups is 1. The first-order chi connectivity index (χ1) is 12.8. The summed E-state index contributed by atoms with van der Waals surface area (Å²) in [5.74, 6) is -0.328. The molecule has 1 amide bonds. The van der Waals surface area contributed by atoms with Gasteiger partial charge in [0.25, 0.3) is 5.91 Å². The average molecular weight is 402 g/mol. The van der Waals surface area contributed by atoms with Crippen LogP contribution < -0.4 is 5.32 Å². The van der Waals surface area contributed by atoms with Gasteiger partial charge in [0.1, 0.15) is 5.01 Å². The molecular formula is C19H19N3O3S2. The zero-order valence-electron chi connectivity index (χ0n) is 15.1. The van der Waals surface area contributed by atoms with E-state index in [2.05, 4.69) is 15.3 Å². The van der Waals surface area contributed by atoms with Crippen molar-refractivity contribution in [2.24, 2.45) is 0 Å². The molecule has 0 bridgehead atoms. The van der Waals surface area contributed by atoms with Gasteiger partial charge in [-0.1, -0.05) is 6.07 Å². The van der Waals surface area contributed by atoms with Gasteiger partial charge in [0, 0.05) is 35.2 Å². The van der Waals surface area contributed by atoms with Gasteiger partial charge in [0.2, 0.25) is 0 Å². The zero-order valence-corrected chi connectivity index (χ0v) is 16.8. The molecule has 0 radical (unpaired) electrons. The minimum atomic E-state index is -3.38. The van der Waals surface area contributed by atoms with E-state index in [1.165, 1.54) is 23.5 Å². The molecule has 1 aromatic carbocycles. The maximum atomic E-state index is 12.7. The van der Waals surface area contributed by atoms with Crippen molar-refractivity contribution in [2.75, 3.05) is 6.26 Å². The second-order valence-electron chi connectivity index (χ2n) is 6.25. The topological polar surface area (TPSA) is 89.0 Å². The quantitative estimate of drug-likeness (QED) is 0.708. The smallest absolute Gasteiger partial charge is 0.252 e. The van der Waals surface area contributed by atoms with E-state index in [-0.39, 0.29) is 16.8 Å². The summed E-state index contributed by atoms with van der Waals surface area (Å²) < 4.78 is 23.5. The molecule has 0 aliphatic rings. The maximum absolute atomic E-state index is 12.7. The third-order valence-electron chi connectivity index (χ3n) is 4.10. The molecule has 3 rings (SSSR count). The van der Waals surface area contributed by atoms with Crippen LogP contribution in [0.1, 0.15) is 33.9 Å². The molecule has 2 heterocycles. The van der Waals surface area contributed by atoms with E-state index >= 15 is 0 Å². The van der Waals surface area contributed by atoms with Crippen molar-refractivity contribution >= 4 is 27.1 Å². The summed E-state index contributed by atoms with van der Waals surface area (Å²) in [7, 11) is -3.38. The van der Waals surface area contributed by atoms with E-state index < -0.39 is 9.84 Å². The van der Waals surface area contributed by atoms with Crippen LogP contribution in [0.25, 0.3) is 11.3 Å². The van der Waals surface area contributed by atoms with Crippen molar-refractivity contribution in [3.63, 3.8) is 0 Å². The Morgan fingerprint density at radius 2 is 1.89 bits per heavy atom. The molecular weight excluding hydrogens is 382 g/mol. The van der Waals surface area contributed by atoms with Crippen LogP contribution in [0.15, 0.2) is 53.0 Å². The van der Waals surface area contributed by atoms with E-state index in [9.17, 15) is 13.2 Å². The van der Waals surface area contributed by atoms with Crippen LogP contribution in [0.4, 0.5) is 0 Å². The lowest BCUT2D eigenvalue weighted by molar-refractivity contribution is 0.0939. The number of carbonyl (C=O) groups is 1. The number of benzene rings is 1. The Morgan fingerprint density at radius 3 is 2.56 bits per heavy atom. The second kappa shape index (κ2) is 7.58. The number of nitrogens with one attached hydrogen (secondary N) is 1. The van der Waals surface area contributed by atoms with Crippen LogP contribution in [-0.2, 0) is 9.84 Å². The molecule has 27 heavy (non-hydrogen) atoms. The van der Waals surface area contributed by atoms with Gasteiger partial charge in [0.05, 0.1) is 16.6 Å². The molecule has 0 saturated carbocycles. The van der Waals surface area contributed by atoms with Crippen LogP contribution in [0.3, 0.4) is 0 Å². The first-order valence-electron chi connectivity index (χ1n) is 8.23. The number of carbonyl (C=O) groups excluding carboxylic acids is 1. The van der Waals surface area contributed by atoms with E-state index in [0.717, 1.165) is 22.5 Å². The molecule has 0 saturated heterocycles. The average Bonchev–Trinajstić information content (AvgIpc) is 3.12. The summed E-state index contributed by atoms with van der Waals surface area (Å²) in [6.45, 7) is 3.62. The third-order valence-corrected chi connectivity index (χ3v) is 6.24. The lowest BCUT2D eigenvalue weighted by atomic mass is 10.1. The molecule has 1 unspecified atom stereocenters. The van der Waals surface area contributed by atoms with E-state index in [1.807, 2.05) is 24.4 Å². The van der Waals surface area contributed by atoms with Gasteiger partial charge in [-0.05, 0) is 43.7 Å². The Kier molecular flexibility index (Phi) is 5.38. The summed E-state index contributed by atoms with van der Waals surface area (Å²) in [4.78, 5) is 21.4. The predicted molar refractivity (Wildman–Crippen MR) is 106 cm³/mol. The number of amides is 1. The number of aromatic nitrogens is 2. The SMILES string of the molecule is Cc1ccc(S(C)(=O)=O)cc1C(=O)NC(C)c1nc(-c2ccncc2)cs1. The normalized spacial score (nSPS) is 12.6. The van der Waals surface area contributed by atoms with Crippen LogP contribution in [0, 0.1) is 6.92 Å². The largest absolute Gasteiger partial charge is 0.343 e. The number of aryl methyl sites for hydroxylation is 1. The van der Waals surface area contributed by atoms with Crippen molar-refractivity contribution in [3.8, 4) is 11.3 Å². The van der Waals surface area contributed by atoms with Crippen molar-refractivity contribution < 1.29 is 13.2 Å². The summed E-state index contributed by atoms with van der Waals surface area (Å²) >= 11 is 1.46. The summed E-state index contributed by atoms with van der Waals surface area (Å²) in [6.07, 6.45) is 4.53. The highest BCUT2D eigenvalue weighted by molar-refractivity contribution is 7.90. The van der Waals surface area contributed by atoms with Crippen molar-refractivity contribution in [2.45, 2.75) is 24.8 Å². The number of nitrogens with zero attached hydrogens (tertiary/aromatic N) is 2. The monoisotopic (exact) mass is 401 g/mol. The lowest BCUT2D eigenvalue weighted by Gasteiger charge is -2.13. The molecule has 0 aliphatic carbocycles. The second-order valence-corrected chi connectivity index (χ2v) is 9.16. The number of thiazole rings is 1. The van der Waals surface area contributed by atoms with Gasteiger partial charge in [-0.2, -0.15) is 0 Å². The molecule has 0 fully saturated rings. The Balaban J connectivity index is 1.80. The number of hydrogen-bond donors (Lipinski definition) is 1. The van der Waals surface area contributed by atoms with Crippen LogP contribution in [0.5, 0.6) is 0 Å². The first-order valence-corrected chi connectivity index (χ1v) is 11.0. The first kappa shape index (κ1) is 19.2. The van der Waals surface area contributed by atoms with E-state index in [1.54, 1.807) is 25.4 Å². The molecule has 1 atom stereocenters. The predicted octanol–water partition coefficient (Wildman–Crippen LogP) is 3.41. The third kappa shape index (κ3) is 4.40. The van der Waals surface area contributed by atoms with Gasteiger partial charge in [-0.25, -0.2) is 13.4 Å². The fraction of sp³-hybridized carbons (Fsp3) is 0.211. The molecule has 8 heteroatoms. The highest BCUT2D eigenvalue weighted by Gasteiger charge is 2.18. The van der Waals surface area contributed by atoms with Gasteiger partial charge < -0.3 is 5.32 Å². The maximum Gasteiger partial charge on any atom is 0.252 e. The van der Waals surface area contributed by atoms with Gasteiger partial charge >= 0.3 is 0 Å². The van der Waals surface area contributed by atoms with E-state index in [4.69, 9.17) is 0 Å². The molecule has 0 spiro atoms. The fourth-order valence-electron chi connectivity index (χ4n) is 2.55. The summed E-state index contributed by atoms with van der Waals surface area (Å²) in [5, 5.41) is 5.60. The lowest BCUT2D eigenvalue weighted by Crippen LogP contribution is -2.27. The highest BCUT2D eigenvalue weighted by Crippen LogP contribution is 2.25. The van der Waals surface area contributed by atoms with Crippen molar-refractivity contribution in [1.29, 1.82) is 0 Å². The molecule has 140 valence electrons. The minimum absolute atomic E-state index is 0.125. The zero-order chi connectivity index (χ0) is 19.6. The highest BCUT2D eigenvalue weighted by atomic mass is 32.2. The Hall–Kier alpha value is -2.58. The Bertz CT molecular complexity index is 1080. The van der Waals surface area contributed by atoms with Crippen molar-refractivity contribution in [3.05, 3.63) is 64.2 Å². The molecule has 1 N–H and O–H groups in total. The van der Waals surface area contributed by atoms with Crippen molar-refractivity contribution in [1.82, 2.24) is 15.3 Å². The Labute approximate surface area is 162 Å². The van der Waals surface area contributed by atoms with Crippen LogP contribution in [0.2, 0.25) is 0 Å². The molecule has 3 aromatic rings. The molecule has 0 aliphatic heterocycles. The van der Waals surface area contributed by atoms with E-state index in [0.29, 0.717) is 11.1 Å². The molecule has 6 nitrogen and oxygen atoms in total. The van der Waals surface area contributed by atoms with Gasteiger partial charge in [0.15, 0.2) is 9.84 Å².